The zero-order valence-electron chi connectivity index (χ0n) is 8.59. The van der Waals surface area contributed by atoms with Crippen LogP contribution in [-0.2, 0) is 0 Å². The minimum absolute atomic E-state index is 0.731. The highest BCUT2D eigenvalue weighted by Gasteiger charge is 2.14. The van der Waals surface area contributed by atoms with Crippen molar-refractivity contribution in [2.75, 3.05) is 28.2 Å². The van der Waals surface area contributed by atoms with E-state index in [1.807, 2.05) is 0 Å². The summed E-state index contributed by atoms with van der Waals surface area (Å²) in [4.78, 5) is 0. The van der Waals surface area contributed by atoms with Crippen molar-refractivity contribution < 1.29 is 0 Å². The number of hydrogen-bond donors (Lipinski definition) is 0. The first-order valence-corrected chi connectivity index (χ1v) is 6.27. The van der Waals surface area contributed by atoms with Gasteiger partial charge in [0.15, 0.2) is 9.12 Å². The predicted octanol–water partition coefficient (Wildman–Crippen LogP) is 1.13. The van der Waals surface area contributed by atoms with Gasteiger partial charge in [0.1, 0.15) is 0 Å². The molecule has 3 heteroatoms. The fraction of sp³-hybridized carbons (Fsp3) is 1.00. The molecule has 0 aromatic carbocycles. The maximum absolute atomic E-state index is 2.41. The van der Waals surface area contributed by atoms with E-state index in [-0.39, 0.29) is 0 Å². The Morgan fingerprint density at radius 2 is 1.45 bits per heavy atom. The van der Waals surface area contributed by atoms with Crippen molar-refractivity contribution in [3.63, 3.8) is 0 Å². The molecule has 0 aromatic rings. The molecule has 0 fully saturated rings. The van der Waals surface area contributed by atoms with Gasteiger partial charge >= 0.3 is 0 Å². The zero-order valence-corrected chi connectivity index (χ0v) is 9.75. The standard InChI is InChI=1S/C8H22N2Si/c1-6-7-8-11(9(2)3)10(4)5/h11H,6-8H2,1-5H3. The van der Waals surface area contributed by atoms with Gasteiger partial charge in [-0.2, -0.15) is 0 Å². The summed E-state index contributed by atoms with van der Waals surface area (Å²) < 4.78 is 4.82. The molecular formula is C8H22N2Si. The van der Waals surface area contributed by atoms with Crippen LogP contribution >= 0.6 is 0 Å². The third-order valence-electron chi connectivity index (χ3n) is 2.01. The van der Waals surface area contributed by atoms with Gasteiger partial charge < -0.3 is 9.13 Å². The molecular weight excluding hydrogens is 152 g/mol. The normalized spacial score (nSPS) is 12.0. The van der Waals surface area contributed by atoms with Crippen molar-refractivity contribution in [2.45, 2.75) is 25.8 Å². The molecule has 0 aromatic heterocycles. The molecule has 68 valence electrons. The average molecular weight is 174 g/mol. The second-order valence-electron chi connectivity index (χ2n) is 3.55. The topological polar surface area (TPSA) is 6.48 Å². The van der Waals surface area contributed by atoms with E-state index in [9.17, 15) is 0 Å². The third kappa shape index (κ3) is 4.56. The Morgan fingerprint density at radius 1 is 1.00 bits per heavy atom. The lowest BCUT2D eigenvalue weighted by Crippen LogP contribution is -2.45. The number of hydrogen-bond acceptors (Lipinski definition) is 2. The Morgan fingerprint density at radius 3 is 1.73 bits per heavy atom. The van der Waals surface area contributed by atoms with Crippen LogP contribution in [-0.4, -0.2) is 46.4 Å². The largest absolute Gasteiger partial charge is 0.320 e. The SMILES string of the molecule is CCCC[SiH](N(C)C)N(C)C. The summed E-state index contributed by atoms with van der Waals surface area (Å²) in [6, 6.07) is 1.41. The molecule has 0 unspecified atom stereocenters. The molecule has 0 aliphatic carbocycles. The maximum Gasteiger partial charge on any atom is 0.189 e. The van der Waals surface area contributed by atoms with Gasteiger partial charge in [-0.3, -0.25) is 0 Å². The molecule has 0 bridgehead atoms. The molecule has 0 spiro atoms. The fourth-order valence-electron chi connectivity index (χ4n) is 1.36. The van der Waals surface area contributed by atoms with Crippen LogP contribution in [0.4, 0.5) is 0 Å². The van der Waals surface area contributed by atoms with E-state index in [4.69, 9.17) is 0 Å². The van der Waals surface area contributed by atoms with E-state index >= 15 is 0 Å². The lowest BCUT2D eigenvalue weighted by Gasteiger charge is -2.28. The molecule has 2 nitrogen and oxygen atoms in total. The first-order chi connectivity index (χ1) is 5.09. The van der Waals surface area contributed by atoms with Crippen molar-refractivity contribution in [3.05, 3.63) is 0 Å². The maximum atomic E-state index is 2.41. The van der Waals surface area contributed by atoms with E-state index in [0.717, 1.165) is 0 Å². The van der Waals surface area contributed by atoms with Gasteiger partial charge in [0.05, 0.1) is 0 Å². The summed E-state index contributed by atoms with van der Waals surface area (Å²) in [6.07, 6.45) is 2.71. The summed E-state index contributed by atoms with van der Waals surface area (Å²) in [5.41, 5.74) is 0. The first kappa shape index (κ1) is 11.1. The lowest BCUT2D eigenvalue weighted by atomic mass is 10.4. The Kier molecular flexibility index (Phi) is 5.82. The molecule has 0 heterocycles. The first-order valence-electron chi connectivity index (χ1n) is 4.42. The van der Waals surface area contributed by atoms with Crippen molar-refractivity contribution in [2.24, 2.45) is 0 Å². The van der Waals surface area contributed by atoms with Gasteiger partial charge in [0.25, 0.3) is 0 Å². The summed E-state index contributed by atoms with van der Waals surface area (Å²) >= 11 is 0. The van der Waals surface area contributed by atoms with Gasteiger partial charge in [0.2, 0.25) is 0 Å². The van der Waals surface area contributed by atoms with E-state index in [1.165, 1.54) is 18.9 Å². The zero-order chi connectivity index (χ0) is 8.85. The highest BCUT2D eigenvalue weighted by Crippen LogP contribution is 2.04. The fourth-order valence-corrected chi connectivity index (χ4v) is 4.09. The summed E-state index contributed by atoms with van der Waals surface area (Å²) in [5, 5.41) is 0. The smallest absolute Gasteiger partial charge is 0.189 e. The van der Waals surface area contributed by atoms with Crippen molar-refractivity contribution >= 4 is 9.12 Å². The molecule has 0 N–H and O–H groups in total. The Bertz CT molecular complexity index is 86.1. The number of unbranched alkanes of at least 4 members (excludes halogenated alkanes) is 1. The molecule has 0 aliphatic rings. The molecule has 0 saturated heterocycles. The second-order valence-corrected chi connectivity index (χ2v) is 7.15. The Hall–Kier alpha value is 0.137. The van der Waals surface area contributed by atoms with Crippen LogP contribution in [0, 0.1) is 0 Å². The molecule has 0 radical (unpaired) electrons. The average Bonchev–Trinajstić information content (AvgIpc) is 1.87. The molecule has 0 aliphatic heterocycles. The Labute approximate surface area is 73.0 Å². The second kappa shape index (κ2) is 5.74. The van der Waals surface area contributed by atoms with Crippen LogP contribution in [0.5, 0.6) is 0 Å². The van der Waals surface area contributed by atoms with Crippen molar-refractivity contribution in [1.29, 1.82) is 0 Å². The van der Waals surface area contributed by atoms with E-state index in [2.05, 4.69) is 44.2 Å². The summed E-state index contributed by atoms with van der Waals surface area (Å²) in [6.45, 7) is 2.26. The van der Waals surface area contributed by atoms with Gasteiger partial charge in [-0.1, -0.05) is 19.8 Å². The summed E-state index contributed by atoms with van der Waals surface area (Å²) in [7, 11) is 8.07. The van der Waals surface area contributed by atoms with Gasteiger partial charge in [-0.15, -0.1) is 0 Å². The number of nitrogens with zero attached hydrogens (tertiary/aromatic N) is 2. The molecule has 0 saturated carbocycles. The van der Waals surface area contributed by atoms with Crippen molar-refractivity contribution in [3.8, 4) is 0 Å². The van der Waals surface area contributed by atoms with E-state index in [1.54, 1.807) is 0 Å². The van der Waals surface area contributed by atoms with Crippen LogP contribution in [0.25, 0.3) is 0 Å². The highest BCUT2D eigenvalue weighted by molar-refractivity contribution is 6.52. The monoisotopic (exact) mass is 174 g/mol. The molecule has 0 rings (SSSR count). The van der Waals surface area contributed by atoms with Gasteiger partial charge in [0, 0.05) is 0 Å². The van der Waals surface area contributed by atoms with Crippen LogP contribution in [0.3, 0.4) is 0 Å². The molecule has 11 heavy (non-hydrogen) atoms. The van der Waals surface area contributed by atoms with Gasteiger partial charge in [-0.05, 0) is 34.2 Å². The molecule has 0 atom stereocenters. The van der Waals surface area contributed by atoms with Crippen LogP contribution < -0.4 is 0 Å². The minimum atomic E-state index is -0.731. The quantitative estimate of drug-likeness (QED) is 0.577. The van der Waals surface area contributed by atoms with Gasteiger partial charge in [-0.25, -0.2) is 0 Å². The lowest BCUT2D eigenvalue weighted by molar-refractivity contribution is 0.509. The summed E-state index contributed by atoms with van der Waals surface area (Å²) in [5.74, 6) is 0. The molecule has 0 amide bonds. The predicted molar refractivity (Wildman–Crippen MR) is 54.2 cm³/mol. The third-order valence-corrected chi connectivity index (χ3v) is 5.32. The van der Waals surface area contributed by atoms with Crippen LogP contribution in [0.2, 0.25) is 6.04 Å². The van der Waals surface area contributed by atoms with Crippen LogP contribution in [0.15, 0.2) is 0 Å². The van der Waals surface area contributed by atoms with E-state index in [0.29, 0.717) is 0 Å². The van der Waals surface area contributed by atoms with E-state index < -0.39 is 9.12 Å². The minimum Gasteiger partial charge on any atom is -0.320 e. The van der Waals surface area contributed by atoms with Crippen LogP contribution in [0.1, 0.15) is 19.8 Å². The Balaban J connectivity index is 3.70. The highest BCUT2D eigenvalue weighted by atomic mass is 28.3. The number of rotatable bonds is 5. The van der Waals surface area contributed by atoms with Crippen molar-refractivity contribution in [1.82, 2.24) is 9.13 Å².